The summed E-state index contributed by atoms with van der Waals surface area (Å²) in [5.74, 6) is -1.69. The monoisotopic (exact) mass is 327 g/mol. The van der Waals surface area contributed by atoms with Gasteiger partial charge in [-0.05, 0) is 12.0 Å². The molecular weight excluding hydrogens is 310 g/mol. The number of hydrogen-bond acceptors (Lipinski definition) is 5. The summed E-state index contributed by atoms with van der Waals surface area (Å²) in [6.45, 7) is 0.0303. The fourth-order valence-corrected chi connectivity index (χ4v) is 4.47. The molecule has 1 aromatic carbocycles. The molecule has 0 saturated carbocycles. The van der Waals surface area contributed by atoms with Gasteiger partial charge in [-0.2, -0.15) is 0 Å². The normalized spacial score (nSPS) is 22.9. The molecule has 22 heavy (non-hydrogen) atoms. The minimum atomic E-state index is -3.35. The summed E-state index contributed by atoms with van der Waals surface area (Å²) in [6, 6.07) is 8.98. The van der Waals surface area contributed by atoms with E-state index in [2.05, 4.69) is 5.32 Å². The first-order chi connectivity index (χ1) is 10.3. The topological polar surface area (TPSA) is 110 Å². The molecule has 7 nitrogen and oxygen atoms in total. The molecule has 0 aromatic heterocycles. The molecule has 0 aliphatic carbocycles. The van der Waals surface area contributed by atoms with Crippen LogP contribution in [0.3, 0.4) is 0 Å². The number of aliphatic carboxylic acids is 1. The van der Waals surface area contributed by atoms with Crippen LogP contribution in [0.2, 0.25) is 0 Å². The minimum Gasteiger partial charge on any atom is -0.481 e. The van der Waals surface area contributed by atoms with Gasteiger partial charge < -0.3 is 15.2 Å². The first kappa shape index (κ1) is 16.3. The zero-order chi connectivity index (χ0) is 16.2. The summed E-state index contributed by atoms with van der Waals surface area (Å²) in [7, 11) is -3.35. The van der Waals surface area contributed by atoms with Crippen LogP contribution in [0, 0.1) is 0 Å². The van der Waals surface area contributed by atoms with Crippen molar-refractivity contribution in [1.82, 2.24) is 5.32 Å². The highest BCUT2D eigenvalue weighted by atomic mass is 32.2. The number of ether oxygens (including phenoxy) is 1. The van der Waals surface area contributed by atoms with Crippen LogP contribution in [0.15, 0.2) is 30.3 Å². The molecule has 120 valence electrons. The molecule has 1 saturated heterocycles. The summed E-state index contributed by atoms with van der Waals surface area (Å²) in [5, 5.41) is 11.4. The first-order valence-corrected chi connectivity index (χ1v) is 8.54. The third-order valence-corrected chi connectivity index (χ3v) is 5.28. The van der Waals surface area contributed by atoms with Crippen LogP contribution in [-0.4, -0.2) is 42.6 Å². The first-order valence-electron chi connectivity index (χ1n) is 6.71. The lowest BCUT2D eigenvalue weighted by Gasteiger charge is -2.26. The predicted octanol–water partition coefficient (Wildman–Crippen LogP) is 0.945. The number of alkyl carbamates (subject to hydrolysis) is 1. The zero-order valence-electron chi connectivity index (χ0n) is 11.8. The molecule has 0 bridgehead atoms. The summed E-state index contributed by atoms with van der Waals surface area (Å²) in [4.78, 5) is 22.8. The van der Waals surface area contributed by atoms with Gasteiger partial charge in [-0.15, -0.1) is 0 Å². The van der Waals surface area contributed by atoms with E-state index in [9.17, 15) is 18.0 Å². The highest BCUT2D eigenvalue weighted by molar-refractivity contribution is 7.91. The fourth-order valence-electron chi connectivity index (χ4n) is 2.46. The summed E-state index contributed by atoms with van der Waals surface area (Å²) < 4.78 is 28.2. The maximum absolute atomic E-state index is 11.8. The van der Waals surface area contributed by atoms with Crippen LogP contribution in [-0.2, 0) is 26.0 Å². The molecule has 8 heteroatoms. The molecule has 0 spiro atoms. The van der Waals surface area contributed by atoms with E-state index in [0.717, 1.165) is 5.56 Å². The summed E-state index contributed by atoms with van der Waals surface area (Å²) in [6.07, 6.45) is -1.20. The largest absolute Gasteiger partial charge is 0.481 e. The Balaban J connectivity index is 1.98. The van der Waals surface area contributed by atoms with Crippen molar-refractivity contribution in [2.24, 2.45) is 0 Å². The molecule has 1 atom stereocenters. The van der Waals surface area contributed by atoms with Gasteiger partial charge in [-0.25, -0.2) is 13.2 Å². The molecule has 1 aromatic rings. The van der Waals surface area contributed by atoms with Crippen molar-refractivity contribution >= 4 is 21.9 Å². The molecule has 1 amide bonds. The van der Waals surface area contributed by atoms with Gasteiger partial charge in [0.2, 0.25) is 0 Å². The lowest BCUT2D eigenvalue weighted by Crippen LogP contribution is -2.51. The van der Waals surface area contributed by atoms with Crippen molar-refractivity contribution < 1.29 is 27.9 Å². The number of hydrogen-bond donors (Lipinski definition) is 2. The number of carbonyl (C=O) groups excluding carboxylic acids is 1. The maximum Gasteiger partial charge on any atom is 0.407 e. The number of carbonyl (C=O) groups is 2. The third kappa shape index (κ3) is 4.45. The van der Waals surface area contributed by atoms with Crippen molar-refractivity contribution in [3.63, 3.8) is 0 Å². The fraction of sp³-hybridized carbons (Fsp3) is 0.429. The van der Waals surface area contributed by atoms with Crippen LogP contribution >= 0.6 is 0 Å². The van der Waals surface area contributed by atoms with E-state index in [0.29, 0.717) is 0 Å². The molecule has 2 N–H and O–H groups in total. The lowest BCUT2D eigenvalue weighted by atomic mass is 9.95. The molecule has 1 fully saturated rings. The molecule has 1 unspecified atom stereocenters. The Kier molecular flexibility index (Phi) is 4.70. The second-order valence-electron chi connectivity index (χ2n) is 5.38. The van der Waals surface area contributed by atoms with Gasteiger partial charge in [0.05, 0.1) is 23.5 Å². The van der Waals surface area contributed by atoms with Gasteiger partial charge >= 0.3 is 12.1 Å². The number of amides is 1. The zero-order valence-corrected chi connectivity index (χ0v) is 12.6. The summed E-state index contributed by atoms with van der Waals surface area (Å²) >= 11 is 0. The average Bonchev–Trinajstić information content (AvgIpc) is 2.72. The molecule has 2 rings (SSSR count). The van der Waals surface area contributed by atoms with E-state index >= 15 is 0 Å². The van der Waals surface area contributed by atoms with Crippen molar-refractivity contribution in [2.75, 3.05) is 11.5 Å². The van der Waals surface area contributed by atoms with Crippen LogP contribution < -0.4 is 5.32 Å². The number of rotatable bonds is 5. The standard InChI is InChI=1S/C14H17NO6S/c16-12(17)8-14(6-7-22(19,20)10-14)15-13(18)21-9-11-4-2-1-3-5-11/h1-5H,6-10H2,(H,15,18)(H,16,17). The SMILES string of the molecule is O=C(O)CC1(NC(=O)OCc2ccccc2)CCS(=O)(=O)C1. The van der Waals surface area contributed by atoms with Crippen LogP contribution in [0.4, 0.5) is 4.79 Å². The Morgan fingerprint density at radius 2 is 1.95 bits per heavy atom. The van der Waals surface area contributed by atoms with E-state index in [1.54, 1.807) is 24.3 Å². The second kappa shape index (κ2) is 6.35. The van der Waals surface area contributed by atoms with Crippen molar-refractivity contribution in [2.45, 2.75) is 25.0 Å². The van der Waals surface area contributed by atoms with Crippen LogP contribution in [0.5, 0.6) is 0 Å². The third-order valence-electron chi connectivity index (χ3n) is 3.46. The van der Waals surface area contributed by atoms with Crippen LogP contribution in [0.1, 0.15) is 18.4 Å². The lowest BCUT2D eigenvalue weighted by molar-refractivity contribution is -0.138. The van der Waals surface area contributed by atoms with Gasteiger partial charge in [0.25, 0.3) is 0 Å². The molecule has 1 aliphatic rings. The van der Waals surface area contributed by atoms with E-state index < -0.39 is 33.9 Å². The highest BCUT2D eigenvalue weighted by Crippen LogP contribution is 2.27. The van der Waals surface area contributed by atoms with Crippen molar-refractivity contribution in [3.05, 3.63) is 35.9 Å². The number of carboxylic acids is 1. The maximum atomic E-state index is 11.8. The van der Waals surface area contributed by atoms with Gasteiger partial charge in [-0.1, -0.05) is 30.3 Å². The van der Waals surface area contributed by atoms with Crippen molar-refractivity contribution in [1.29, 1.82) is 0 Å². The Bertz CT molecular complexity index is 657. The van der Waals surface area contributed by atoms with Crippen molar-refractivity contribution in [3.8, 4) is 0 Å². The number of benzene rings is 1. The number of carboxylic acid groups (broad SMARTS) is 1. The predicted molar refractivity (Wildman–Crippen MR) is 78.0 cm³/mol. The average molecular weight is 327 g/mol. The Morgan fingerprint density at radius 3 is 2.50 bits per heavy atom. The van der Waals surface area contributed by atoms with E-state index in [4.69, 9.17) is 9.84 Å². The second-order valence-corrected chi connectivity index (χ2v) is 7.56. The van der Waals surface area contributed by atoms with E-state index in [1.165, 1.54) is 0 Å². The smallest absolute Gasteiger partial charge is 0.407 e. The van der Waals surface area contributed by atoms with E-state index in [-0.39, 0.29) is 24.5 Å². The van der Waals surface area contributed by atoms with Gasteiger partial charge in [0.15, 0.2) is 9.84 Å². The Labute approximate surface area is 128 Å². The quantitative estimate of drug-likeness (QED) is 0.833. The van der Waals surface area contributed by atoms with Crippen LogP contribution in [0.25, 0.3) is 0 Å². The molecular formula is C14H17NO6S. The number of sulfone groups is 1. The van der Waals surface area contributed by atoms with Gasteiger partial charge in [-0.3, -0.25) is 4.79 Å². The molecule has 1 heterocycles. The molecule has 0 radical (unpaired) electrons. The van der Waals surface area contributed by atoms with Gasteiger partial charge in [0.1, 0.15) is 6.61 Å². The Morgan fingerprint density at radius 1 is 1.27 bits per heavy atom. The minimum absolute atomic E-state index is 0.0303. The summed E-state index contributed by atoms with van der Waals surface area (Å²) in [5.41, 5.74) is -0.512. The molecule has 1 aliphatic heterocycles. The highest BCUT2D eigenvalue weighted by Gasteiger charge is 2.45. The van der Waals surface area contributed by atoms with E-state index in [1.807, 2.05) is 6.07 Å². The number of nitrogens with one attached hydrogen (secondary N) is 1. The Hall–Kier alpha value is -2.09. The van der Waals surface area contributed by atoms with Gasteiger partial charge in [0, 0.05) is 0 Å².